The first-order valence-electron chi connectivity index (χ1n) is 7.93. The van der Waals surface area contributed by atoms with Crippen LogP contribution in [0.3, 0.4) is 0 Å². The molecule has 0 fully saturated rings. The SMILES string of the molecule is CS(=O)(=O)c1ccc2nc(NC(=O)CCS(=O)(=O)c3ccc(F)cc3)sc2c1. The van der Waals surface area contributed by atoms with Crippen LogP contribution in [0.4, 0.5) is 9.52 Å². The molecule has 11 heteroatoms. The van der Waals surface area contributed by atoms with E-state index in [1.807, 2.05) is 0 Å². The molecule has 0 aliphatic heterocycles. The van der Waals surface area contributed by atoms with Gasteiger partial charge < -0.3 is 5.32 Å². The number of fused-ring (bicyclic) bond motifs is 1. The van der Waals surface area contributed by atoms with Crippen LogP contribution < -0.4 is 5.32 Å². The number of carbonyl (C=O) groups is 1. The monoisotopic (exact) mass is 442 g/mol. The van der Waals surface area contributed by atoms with Gasteiger partial charge in [-0.15, -0.1) is 0 Å². The van der Waals surface area contributed by atoms with Gasteiger partial charge >= 0.3 is 0 Å². The number of hydrogen-bond donors (Lipinski definition) is 1. The summed E-state index contributed by atoms with van der Waals surface area (Å²) in [6.45, 7) is 0. The molecule has 28 heavy (non-hydrogen) atoms. The molecular weight excluding hydrogens is 427 g/mol. The minimum Gasteiger partial charge on any atom is -0.302 e. The number of rotatable bonds is 6. The molecule has 0 saturated heterocycles. The van der Waals surface area contributed by atoms with Gasteiger partial charge in [-0.3, -0.25) is 4.79 Å². The highest BCUT2D eigenvalue weighted by Crippen LogP contribution is 2.28. The minimum absolute atomic E-state index is 0.0602. The van der Waals surface area contributed by atoms with Crippen molar-refractivity contribution in [3.05, 3.63) is 48.3 Å². The highest BCUT2D eigenvalue weighted by molar-refractivity contribution is 7.91. The van der Waals surface area contributed by atoms with E-state index in [2.05, 4.69) is 10.3 Å². The number of halogens is 1. The smallest absolute Gasteiger partial charge is 0.227 e. The highest BCUT2D eigenvalue weighted by Gasteiger charge is 2.18. The largest absolute Gasteiger partial charge is 0.302 e. The van der Waals surface area contributed by atoms with Crippen molar-refractivity contribution in [3.8, 4) is 0 Å². The Hall–Kier alpha value is -2.37. The normalized spacial score (nSPS) is 12.2. The van der Waals surface area contributed by atoms with Crippen LogP contribution in [0.15, 0.2) is 52.3 Å². The lowest BCUT2D eigenvalue weighted by Gasteiger charge is -2.04. The van der Waals surface area contributed by atoms with Gasteiger partial charge in [0.1, 0.15) is 5.82 Å². The van der Waals surface area contributed by atoms with Crippen LogP contribution in [0, 0.1) is 5.82 Å². The van der Waals surface area contributed by atoms with Crippen molar-refractivity contribution >= 4 is 52.3 Å². The van der Waals surface area contributed by atoms with E-state index in [-0.39, 0.29) is 21.3 Å². The van der Waals surface area contributed by atoms with Gasteiger partial charge in [-0.1, -0.05) is 11.3 Å². The van der Waals surface area contributed by atoms with E-state index in [1.54, 1.807) is 0 Å². The Kier molecular flexibility index (Phi) is 5.50. The fourth-order valence-corrected chi connectivity index (χ4v) is 5.24. The van der Waals surface area contributed by atoms with E-state index in [0.717, 1.165) is 41.9 Å². The van der Waals surface area contributed by atoms with Gasteiger partial charge in [0.25, 0.3) is 0 Å². The van der Waals surface area contributed by atoms with Gasteiger partial charge in [0.15, 0.2) is 24.8 Å². The second kappa shape index (κ2) is 7.57. The van der Waals surface area contributed by atoms with E-state index in [0.29, 0.717) is 10.2 Å². The van der Waals surface area contributed by atoms with Crippen molar-refractivity contribution in [1.82, 2.24) is 4.98 Å². The Morgan fingerprint density at radius 1 is 1.07 bits per heavy atom. The first-order chi connectivity index (χ1) is 13.0. The number of anilines is 1. The Balaban J connectivity index is 1.68. The maximum absolute atomic E-state index is 12.9. The third-order valence-electron chi connectivity index (χ3n) is 3.81. The van der Waals surface area contributed by atoms with Crippen LogP contribution in [0.2, 0.25) is 0 Å². The number of nitrogens with zero attached hydrogens (tertiary/aromatic N) is 1. The molecule has 7 nitrogen and oxygen atoms in total. The fraction of sp³-hybridized carbons (Fsp3) is 0.176. The maximum Gasteiger partial charge on any atom is 0.227 e. The maximum atomic E-state index is 12.9. The Morgan fingerprint density at radius 2 is 1.71 bits per heavy atom. The standard InChI is InChI=1S/C17H15FN2O5S3/c1-27(22,23)13-6-7-14-15(10-13)26-17(19-14)20-16(21)8-9-28(24,25)12-4-2-11(18)3-5-12/h2-7,10H,8-9H2,1H3,(H,19,20,21). The number of carbonyl (C=O) groups excluding carboxylic acids is 1. The lowest BCUT2D eigenvalue weighted by molar-refractivity contribution is -0.115. The molecule has 3 aromatic rings. The second-order valence-electron chi connectivity index (χ2n) is 5.99. The topological polar surface area (TPSA) is 110 Å². The number of aromatic nitrogens is 1. The van der Waals surface area contributed by atoms with E-state index in [1.165, 1.54) is 18.2 Å². The number of nitrogens with one attached hydrogen (secondary N) is 1. The Bertz CT molecular complexity index is 1250. The molecule has 0 unspecified atom stereocenters. The van der Waals surface area contributed by atoms with Crippen LogP contribution in [0.25, 0.3) is 10.2 Å². The summed E-state index contributed by atoms with van der Waals surface area (Å²) >= 11 is 1.09. The predicted octanol–water partition coefficient (Wildman–Crippen LogP) is 2.64. The molecule has 1 heterocycles. The summed E-state index contributed by atoms with van der Waals surface area (Å²) in [7, 11) is -7.08. The van der Waals surface area contributed by atoms with Crippen molar-refractivity contribution in [3.63, 3.8) is 0 Å². The van der Waals surface area contributed by atoms with Crippen molar-refractivity contribution in [2.45, 2.75) is 16.2 Å². The summed E-state index contributed by atoms with van der Waals surface area (Å²) in [4.78, 5) is 16.4. The number of amides is 1. The summed E-state index contributed by atoms with van der Waals surface area (Å²) in [6.07, 6.45) is 0.795. The zero-order valence-electron chi connectivity index (χ0n) is 14.5. The summed E-state index contributed by atoms with van der Waals surface area (Å²) in [5.41, 5.74) is 0.520. The van der Waals surface area contributed by atoms with Crippen molar-refractivity contribution in [2.24, 2.45) is 0 Å². The molecule has 148 valence electrons. The molecule has 2 aromatic carbocycles. The first-order valence-corrected chi connectivity index (χ1v) is 12.3. The summed E-state index contributed by atoms with van der Waals surface area (Å²) in [6, 6.07) is 8.81. The average Bonchev–Trinajstić information content (AvgIpc) is 3.01. The van der Waals surface area contributed by atoms with E-state index < -0.39 is 37.2 Å². The predicted molar refractivity (Wildman–Crippen MR) is 104 cm³/mol. The molecule has 3 rings (SSSR count). The van der Waals surface area contributed by atoms with Crippen molar-refractivity contribution < 1.29 is 26.0 Å². The molecular formula is C17H15FN2O5S3. The van der Waals surface area contributed by atoms with E-state index in [4.69, 9.17) is 0 Å². The van der Waals surface area contributed by atoms with Crippen LogP contribution in [0.1, 0.15) is 6.42 Å². The highest BCUT2D eigenvalue weighted by atomic mass is 32.2. The van der Waals surface area contributed by atoms with Gasteiger partial charge in [0.05, 0.1) is 25.8 Å². The Morgan fingerprint density at radius 3 is 2.36 bits per heavy atom. The van der Waals surface area contributed by atoms with Gasteiger partial charge in [-0.2, -0.15) is 0 Å². The quantitative estimate of drug-likeness (QED) is 0.588. The number of benzene rings is 2. The number of thiazole rings is 1. The molecule has 0 atom stereocenters. The molecule has 0 aliphatic rings. The van der Waals surface area contributed by atoms with Gasteiger partial charge in [-0.05, 0) is 42.5 Å². The number of sulfone groups is 2. The zero-order valence-corrected chi connectivity index (χ0v) is 17.0. The fourth-order valence-electron chi connectivity index (χ4n) is 2.36. The van der Waals surface area contributed by atoms with Gasteiger partial charge in [0.2, 0.25) is 5.91 Å². The second-order valence-corrected chi connectivity index (χ2v) is 11.1. The van der Waals surface area contributed by atoms with Crippen LogP contribution in [0.5, 0.6) is 0 Å². The van der Waals surface area contributed by atoms with Crippen LogP contribution in [-0.2, 0) is 24.5 Å². The van der Waals surface area contributed by atoms with Gasteiger partial charge in [0, 0.05) is 12.7 Å². The van der Waals surface area contributed by atoms with Crippen LogP contribution >= 0.6 is 11.3 Å². The summed E-state index contributed by atoms with van der Waals surface area (Å²) < 4.78 is 61.1. The molecule has 0 saturated carbocycles. The van der Waals surface area contributed by atoms with Crippen molar-refractivity contribution in [2.75, 3.05) is 17.3 Å². The molecule has 0 spiro atoms. The number of hydrogen-bond acceptors (Lipinski definition) is 7. The zero-order chi connectivity index (χ0) is 20.5. The molecule has 1 aromatic heterocycles. The molecule has 1 amide bonds. The first kappa shape index (κ1) is 20.4. The van der Waals surface area contributed by atoms with Crippen molar-refractivity contribution in [1.29, 1.82) is 0 Å². The molecule has 0 aliphatic carbocycles. The van der Waals surface area contributed by atoms with E-state index >= 15 is 0 Å². The molecule has 0 radical (unpaired) electrons. The Labute approximate surface area is 165 Å². The molecule has 1 N–H and O–H groups in total. The summed E-state index contributed by atoms with van der Waals surface area (Å²) in [5.74, 6) is -1.53. The molecule has 0 bridgehead atoms. The third kappa shape index (κ3) is 4.72. The summed E-state index contributed by atoms with van der Waals surface area (Å²) in [5, 5.41) is 2.76. The van der Waals surface area contributed by atoms with Gasteiger partial charge in [-0.25, -0.2) is 26.2 Å². The minimum atomic E-state index is -3.72. The lowest BCUT2D eigenvalue weighted by atomic mass is 10.3. The third-order valence-corrected chi connectivity index (χ3v) is 7.58. The lowest BCUT2D eigenvalue weighted by Crippen LogP contribution is -2.17. The average molecular weight is 443 g/mol. The van der Waals surface area contributed by atoms with Crippen LogP contribution in [-0.4, -0.2) is 39.7 Å². The van der Waals surface area contributed by atoms with E-state index in [9.17, 15) is 26.0 Å².